The van der Waals surface area contributed by atoms with Crippen LogP contribution in [0.5, 0.6) is 5.75 Å². The second-order valence-corrected chi connectivity index (χ2v) is 4.62. The Morgan fingerprint density at radius 1 is 1.21 bits per heavy atom. The van der Waals surface area contributed by atoms with Crippen molar-refractivity contribution in [3.8, 4) is 16.9 Å². The number of hydrogen-bond acceptors (Lipinski definition) is 2. The van der Waals surface area contributed by atoms with Gasteiger partial charge in [-0.25, -0.2) is 0 Å². The molecule has 0 saturated carbocycles. The van der Waals surface area contributed by atoms with E-state index in [-0.39, 0.29) is 12.3 Å². The van der Waals surface area contributed by atoms with Gasteiger partial charge in [0.05, 0.1) is 13.5 Å². The molecule has 0 radical (unpaired) electrons. The van der Waals surface area contributed by atoms with E-state index in [1.807, 2.05) is 36.4 Å². The number of primary amides is 1. The molecule has 0 fully saturated rings. The molecule has 0 unspecified atom stereocenters. The zero-order valence-corrected chi connectivity index (χ0v) is 11.3. The summed E-state index contributed by atoms with van der Waals surface area (Å²) >= 11 is 6.01. The third kappa shape index (κ3) is 3.26. The third-order valence-corrected chi connectivity index (χ3v) is 3.04. The van der Waals surface area contributed by atoms with E-state index in [4.69, 9.17) is 22.1 Å². The van der Waals surface area contributed by atoms with Gasteiger partial charge in [0, 0.05) is 10.6 Å². The lowest BCUT2D eigenvalue weighted by Crippen LogP contribution is -2.13. The Morgan fingerprint density at radius 2 is 1.89 bits per heavy atom. The second kappa shape index (κ2) is 5.76. The SMILES string of the molecule is COc1ccc(Cl)cc1-c1ccc(CC(N)=O)cc1. The molecule has 0 aliphatic rings. The highest BCUT2D eigenvalue weighted by Crippen LogP contribution is 2.32. The quantitative estimate of drug-likeness (QED) is 0.932. The van der Waals surface area contributed by atoms with E-state index in [1.165, 1.54) is 0 Å². The van der Waals surface area contributed by atoms with E-state index < -0.39 is 0 Å². The molecule has 3 nitrogen and oxygen atoms in total. The highest BCUT2D eigenvalue weighted by atomic mass is 35.5. The van der Waals surface area contributed by atoms with Crippen molar-refractivity contribution in [1.82, 2.24) is 0 Å². The maximum absolute atomic E-state index is 10.9. The number of halogens is 1. The summed E-state index contributed by atoms with van der Waals surface area (Å²) < 4.78 is 5.32. The van der Waals surface area contributed by atoms with E-state index in [9.17, 15) is 4.79 Å². The molecule has 0 spiro atoms. The van der Waals surface area contributed by atoms with Gasteiger partial charge in [-0.1, -0.05) is 35.9 Å². The van der Waals surface area contributed by atoms with Gasteiger partial charge in [0.15, 0.2) is 0 Å². The fraction of sp³-hybridized carbons (Fsp3) is 0.133. The van der Waals surface area contributed by atoms with Crippen LogP contribution in [-0.2, 0) is 11.2 Å². The predicted molar refractivity (Wildman–Crippen MR) is 76.3 cm³/mol. The Morgan fingerprint density at radius 3 is 2.47 bits per heavy atom. The lowest BCUT2D eigenvalue weighted by atomic mass is 10.0. The molecule has 0 bridgehead atoms. The van der Waals surface area contributed by atoms with Crippen LogP contribution < -0.4 is 10.5 Å². The Balaban J connectivity index is 2.36. The Kier molecular flexibility index (Phi) is 4.07. The van der Waals surface area contributed by atoms with Crippen LogP contribution in [-0.4, -0.2) is 13.0 Å². The minimum Gasteiger partial charge on any atom is -0.496 e. The van der Waals surface area contributed by atoms with Crippen LogP contribution in [0.3, 0.4) is 0 Å². The highest BCUT2D eigenvalue weighted by Gasteiger charge is 2.07. The number of amides is 1. The molecular formula is C15H14ClNO2. The normalized spacial score (nSPS) is 10.2. The van der Waals surface area contributed by atoms with Gasteiger partial charge in [-0.15, -0.1) is 0 Å². The van der Waals surface area contributed by atoms with E-state index in [2.05, 4.69) is 0 Å². The summed E-state index contributed by atoms with van der Waals surface area (Å²) in [5.74, 6) is 0.417. The minimum atomic E-state index is -0.340. The molecule has 2 aromatic rings. The molecule has 0 aliphatic carbocycles. The van der Waals surface area contributed by atoms with Crippen LogP contribution >= 0.6 is 11.6 Å². The van der Waals surface area contributed by atoms with Crippen molar-refractivity contribution in [3.05, 3.63) is 53.1 Å². The van der Waals surface area contributed by atoms with Gasteiger partial charge in [-0.05, 0) is 29.3 Å². The summed E-state index contributed by atoms with van der Waals surface area (Å²) in [7, 11) is 1.62. The molecule has 0 aliphatic heterocycles. The van der Waals surface area contributed by atoms with E-state index in [1.54, 1.807) is 13.2 Å². The summed E-state index contributed by atoms with van der Waals surface area (Å²) in [6.07, 6.45) is 0.243. The van der Waals surface area contributed by atoms with Crippen molar-refractivity contribution in [2.45, 2.75) is 6.42 Å². The molecular weight excluding hydrogens is 262 g/mol. The monoisotopic (exact) mass is 275 g/mol. The molecule has 0 saturated heterocycles. The van der Waals surface area contributed by atoms with Crippen molar-refractivity contribution >= 4 is 17.5 Å². The topological polar surface area (TPSA) is 52.3 Å². The summed E-state index contributed by atoms with van der Waals surface area (Å²) in [4.78, 5) is 10.9. The van der Waals surface area contributed by atoms with Gasteiger partial charge < -0.3 is 10.5 Å². The lowest BCUT2D eigenvalue weighted by molar-refractivity contribution is -0.117. The van der Waals surface area contributed by atoms with Gasteiger partial charge in [0.2, 0.25) is 5.91 Å². The van der Waals surface area contributed by atoms with Gasteiger partial charge in [-0.2, -0.15) is 0 Å². The number of hydrogen-bond donors (Lipinski definition) is 1. The van der Waals surface area contributed by atoms with Crippen molar-refractivity contribution in [2.24, 2.45) is 5.73 Å². The van der Waals surface area contributed by atoms with Gasteiger partial charge in [-0.3, -0.25) is 4.79 Å². The fourth-order valence-electron chi connectivity index (χ4n) is 1.91. The molecule has 98 valence electrons. The molecule has 1 amide bonds. The van der Waals surface area contributed by atoms with Crippen LogP contribution in [0, 0.1) is 0 Å². The van der Waals surface area contributed by atoms with Crippen molar-refractivity contribution in [3.63, 3.8) is 0 Å². The first kappa shape index (κ1) is 13.4. The van der Waals surface area contributed by atoms with Crippen LogP contribution in [0.1, 0.15) is 5.56 Å². The number of carbonyl (C=O) groups is 1. The molecule has 2 aromatic carbocycles. The molecule has 2 rings (SSSR count). The first-order valence-corrected chi connectivity index (χ1v) is 6.19. The maximum Gasteiger partial charge on any atom is 0.221 e. The summed E-state index contributed by atoms with van der Waals surface area (Å²) in [5, 5.41) is 0.650. The molecule has 0 aromatic heterocycles. The first-order valence-electron chi connectivity index (χ1n) is 5.81. The van der Waals surface area contributed by atoms with E-state index in [0.717, 1.165) is 22.4 Å². The van der Waals surface area contributed by atoms with Crippen molar-refractivity contribution < 1.29 is 9.53 Å². The fourth-order valence-corrected chi connectivity index (χ4v) is 2.08. The molecule has 4 heteroatoms. The van der Waals surface area contributed by atoms with E-state index in [0.29, 0.717) is 5.02 Å². The molecule has 0 atom stereocenters. The largest absolute Gasteiger partial charge is 0.496 e. The smallest absolute Gasteiger partial charge is 0.221 e. The predicted octanol–water partition coefficient (Wildman–Crippen LogP) is 3.04. The number of rotatable bonds is 4. The zero-order valence-electron chi connectivity index (χ0n) is 10.5. The van der Waals surface area contributed by atoms with Gasteiger partial charge >= 0.3 is 0 Å². The van der Waals surface area contributed by atoms with Crippen LogP contribution in [0.15, 0.2) is 42.5 Å². The Bertz CT molecular complexity index is 594. The minimum absolute atomic E-state index is 0.243. The number of methoxy groups -OCH3 is 1. The number of ether oxygens (including phenoxy) is 1. The summed E-state index contributed by atoms with van der Waals surface area (Å²) in [6.45, 7) is 0. The zero-order chi connectivity index (χ0) is 13.8. The maximum atomic E-state index is 10.9. The van der Waals surface area contributed by atoms with Crippen LogP contribution in [0.25, 0.3) is 11.1 Å². The summed E-state index contributed by atoms with van der Waals surface area (Å²) in [5.41, 5.74) is 7.95. The Labute approximate surface area is 117 Å². The van der Waals surface area contributed by atoms with Crippen molar-refractivity contribution in [2.75, 3.05) is 7.11 Å². The molecule has 0 heterocycles. The number of nitrogens with two attached hydrogens (primary N) is 1. The van der Waals surface area contributed by atoms with E-state index >= 15 is 0 Å². The van der Waals surface area contributed by atoms with Crippen LogP contribution in [0.4, 0.5) is 0 Å². The average molecular weight is 276 g/mol. The lowest BCUT2D eigenvalue weighted by Gasteiger charge is -2.09. The number of carbonyl (C=O) groups excluding carboxylic acids is 1. The van der Waals surface area contributed by atoms with Gasteiger partial charge in [0.25, 0.3) is 0 Å². The average Bonchev–Trinajstić information content (AvgIpc) is 2.39. The Hall–Kier alpha value is -2.00. The molecule has 19 heavy (non-hydrogen) atoms. The van der Waals surface area contributed by atoms with Crippen molar-refractivity contribution in [1.29, 1.82) is 0 Å². The second-order valence-electron chi connectivity index (χ2n) is 4.18. The third-order valence-electron chi connectivity index (χ3n) is 2.80. The standard InChI is InChI=1S/C15H14ClNO2/c1-19-14-7-6-12(16)9-13(14)11-4-2-10(3-5-11)8-15(17)18/h2-7,9H,8H2,1H3,(H2,17,18). The van der Waals surface area contributed by atoms with Crippen LogP contribution in [0.2, 0.25) is 5.02 Å². The number of benzene rings is 2. The molecule has 2 N–H and O–H groups in total. The van der Waals surface area contributed by atoms with Gasteiger partial charge in [0.1, 0.15) is 5.75 Å². The summed E-state index contributed by atoms with van der Waals surface area (Å²) in [6, 6.07) is 13.1. The highest BCUT2D eigenvalue weighted by molar-refractivity contribution is 6.31. The first-order chi connectivity index (χ1) is 9.10.